The molecule has 0 heterocycles. The van der Waals surface area contributed by atoms with Gasteiger partial charge in [-0.15, -0.1) is 0 Å². The second kappa shape index (κ2) is 9.81. The third kappa shape index (κ3) is 7.12. The van der Waals surface area contributed by atoms with Crippen LogP contribution in [0.1, 0.15) is 58.3 Å². The molecule has 2 fully saturated rings. The van der Waals surface area contributed by atoms with Gasteiger partial charge in [0.25, 0.3) is 0 Å². The Morgan fingerprint density at radius 3 is 2.57 bits per heavy atom. The van der Waals surface area contributed by atoms with Gasteiger partial charge in [-0.05, 0) is 57.5 Å². The summed E-state index contributed by atoms with van der Waals surface area (Å²) in [6.07, 6.45) is 11.2. The second-order valence-electron chi connectivity index (χ2n) is 7.24. The van der Waals surface area contributed by atoms with Gasteiger partial charge in [-0.3, -0.25) is 0 Å². The summed E-state index contributed by atoms with van der Waals surface area (Å²) >= 11 is 0. The maximum Gasteiger partial charge on any atom is 0.0593 e. The summed E-state index contributed by atoms with van der Waals surface area (Å²) in [5, 5.41) is 3.81. The summed E-state index contributed by atoms with van der Waals surface area (Å²) in [5.41, 5.74) is 0. The maximum atomic E-state index is 5.77. The number of nitrogens with zero attached hydrogens (tertiary/aromatic N) is 1. The minimum Gasteiger partial charge on any atom is -0.380 e. The first-order valence-electron chi connectivity index (χ1n) is 9.29. The molecule has 0 aromatic carbocycles. The Morgan fingerprint density at radius 2 is 1.90 bits per heavy atom. The van der Waals surface area contributed by atoms with Gasteiger partial charge in [0, 0.05) is 25.7 Å². The van der Waals surface area contributed by atoms with Gasteiger partial charge in [-0.1, -0.05) is 26.2 Å². The van der Waals surface area contributed by atoms with Gasteiger partial charge >= 0.3 is 0 Å². The largest absolute Gasteiger partial charge is 0.380 e. The number of hydrogen-bond acceptors (Lipinski definition) is 3. The lowest BCUT2D eigenvalue weighted by Crippen LogP contribution is -2.46. The van der Waals surface area contributed by atoms with E-state index in [9.17, 15) is 0 Å². The molecule has 3 heteroatoms. The Kier molecular flexibility index (Phi) is 8.05. The zero-order valence-electron chi connectivity index (χ0n) is 14.3. The first kappa shape index (κ1) is 17.2. The van der Waals surface area contributed by atoms with Crippen molar-refractivity contribution in [1.82, 2.24) is 10.2 Å². The topological polar surface area (TPSA) is 24.5 Å². The van der Waals surface area contributed by atoms with E-state index in [4.69, 9.17) is 4.74 Å². The van der Waals surface area contributed by atoms with E-state index >= 15 is 0 Å². The minimum absolute atomic E-state index is 0.679. The fourth-order valence-electron chi connectivity index (χ4n) is 3.43. The van der Waals surface area contributed by atoms with E-state index in [1.54, 1.807) is 0 Å². The first-order valence-corrected chi connectivity index (χ1v) is 9.29. The van der Waals surface area contributed by atoms with Crippen LogP contribution in [0.3, 0.4) is 0 Å². The molecule has 0 spiro atoms. The fourth-order valence-corrected chi connectivity index (χ4v) is 3.43. The molecule has 3 nitrogen and oxygen atoms in total. The monoisotopic (exact) mass is 296 g/mol. The van der Waals surface area contributed by atoms with Crippen LogP contribution in [0.15, 0.2) is 0 Å². The smallest absolute Gasteiger partial charge is 0.0593 e. The van der Waals surface area contributed by atoms with Gasteiger partial charge in [0.15, 0.2) is 0 Å². The van der Waals surface area contributed by atoms with Gasteiger partial charge < -0.3 is 15.0 Å². The number of nitrogens with one attached hydrogen (secondary N) is 1. The van der Waals surface area contributed by atoms with Crippen LogP contribution in [0.4, 0.5) is 0 Å². The molecule has 0 bridgehead atoms. The number of hydrogen-bond donors (Lipinski definition) is 1. The van der Waals surface area contributed by atoms with Crippen LogP contribution >= 0.6 is 0 Å². The predicted molar refractivity (Wildman–Crippen MR) is 89.7 cm³/mol. The van der Waals surface area contributed by atoms with E-state index in [1.165, 1.54) is 57.9 Å². The molecular weight excluding hydrogens is 260 g/mol. The van der Waals surface area contributed by atoms with Crippen molar-refractivity contribution in [2.45, 2.75) is 64.3 Å². The number of ether oxygens (including phenoxy) is 1. The highest BCUT2D eigenvalue weighted by molar-refractivity contribution is 4.81. The zero-order chi connectivity index (χ0) is 14.9. The second-order valence-corrected chi connectivity index (χ2v) is 7.24. The number of likely N-dealkylation sites (N-methyl/N-ethyl adjacent to an activating group) is 1. The average molecular weight is 296 g/mol. The standard InChI is InChI=1S/C18H36N2O/c1-3-11-19-18(17-7-5-4-6-8-17)14-20(2)12-13-21-15-16-9-10-16/h16-19H,3-15H2,1-2H3. The van der Waals surface area contributed by atoms with Crippen LogP contribution in [0.25, 0.3) is 0 Å². The van der Waals surface area contributed by atoms with Gasteiger partial charge in [0.2, 0.25) is 0 Å². The Hall–Kier alpha value is -0.120. The molecule has 0 radical (unpaired) electrons. The molecule has 124 valence electrons. The minimum atomic E-state index is 0.679. The molecule has 2 aliphatic rings. The molecular formula is C18H36N2O. The lowest BCUT2D eigenvalue weighted by Gasteiger charge is -2.34. The van der Waals surface area contributed by atoms with Crippen LogP contribution in [0.5, 0.6) is 0 Å². The molecule has 21 heavy (non-hydrogen) atoms. The van der Waals surface area contributed by atoms with E-state index in [0.717, 1.165) is 38.1 Å². The molecule has 1 N–H and O–H groups in total. The molecule has 1 unspecified atom stereocenters. The predicted octanol–water partition coefficient (Wildman–Crippen LogP) is 3.29. The van der Waals surface area contributed by atoms with Gasteiger partial charge in [-0.2, -0.15) is 0 Å². The van der Waals surface area contributed by atoms with Crippen molar-refractivity contribution in [3.05, 3.63) is 0 Å². The molecule has 1 atom stereocenters. The molecule has 0 saturated heterocycles. The summed E-state index contributed by atoms with van der Waals surface area (Å²) in [6.45, 7) is 7.57. The Labute approximate surface area is 131 Å². The van der Waals surface area contributed by atoms with Crippen molar-refractivity contribution < 1.29 is 4.74 Å². The normalized spacial score (nSPS) is 21.9. The molecule has 0 aromatic rings. The Morgan fingerprint density at radius 1 is 1.14 bits per heavy atom. The van der Waals surface area contributed by atoms with Crippen molar-refractivity contribution in [3.8, 4) is 0 Å². The lowest BCUT2D eigenvalue weighted by atomic mass is 9.83. The van der Waals surface area contributed by atoms with E-state index < -0.39 is 0 Å². The van der Waals surface area contributed by atoms with E-state index in [-0.39, 0.29) is 0 Å². The molecule has 2 aliphatic carbocycles. The van der Waals surface area contributed by atoms with Crippen molar-refractivity contribution in [2.75, 3.05) is 39.9 Å². The molecule has 0 aromatic heterocycles. The zero-order valence-corrected chi connectivity index (χ0v) is 14.3. The van der Waals surface area contributed by atoms with E-state index in [0.29, 0.717) is 6.04 Å². The Balaban J connectivity index is 1.65. The third-order valence-electron chi connectivity index (χ3n) is 5.05. The molecule has 0 aliphatic heterocycles. The van der Waals surface area contributed by atoms with Gasteiger partial charge in [0.05, 0.1) is 6.61 Å². The lowest BCUT2D eigenvalue weighted by molar-refractivity contribution is 0.0963. The van der Waals surface area contributed by atoms with Crippen LogP contribution in [-0.4, -0.2) is 50.8 Å². The van der Waals surface area contributed by atoms with Gasteiger partial charge in [-0.25, -0.2) is 0 Å². The number of rotatable bonds is 11. The highest BCUT2D eigenvalue weighted by atomic mass is 16.5. The van der Waals surface area contributed by atoms with Crippen molar-refractivity contribution in [1.29, 1.82) is 0 Å². The highest BCUT2D eigenvalue weighted by Gasteiger charge is 2.24. The van der Waals surface area contributed by atoms with E-state index in [1.807, 2.05) is 0 Å². The van der Waals surface area contributed by atoms with Crippen LogP contribution in [0, 0.1) is 11.8 Å². The van der Waals surface area contributed by atoms with Crippen molar-refractivity contribution >= 4 is 0 Å². The fraction of sp³-hybridized carbons (Fsp3) is 1.00. The summed E-state index contributed by atoms with van der Waals surface area (Å²) in [4.78, 5) is 2.47. The quantitative estimate of drug-likeness (QED) is 0.592. The van der Waals surface area contributed by atoms with Crippen LogP contribution in [-0.2, 0) is 4.74 Å². The van der Waals surface area contributed by atoms with Crippen molar-refractivity contribution in [2.24, 2.45) is 11.8 Å². The highest BCUT2D eigenvalue weighted by Crippen LogP contribution is 2.29. The van der Waals surface area contributed by atoms with Crippen LogP contribution < -0.4 is 5.32 Å². The molecule has 2 saturated carbocycles. The van der Waals surface area contributed by atoms with E-state index in [2.05, 4.69) is 24.2 Å². The van der Waals surface area contributed by atoms with Crippen molar-refractivity contribution in [3.63, 3.8) is 0 Å². The summed E-state index contributed by atoms with van der Waals surface area (Å²) in [6, 6.07) is 0.679. The first-order chi connectivity index (χ1) is 10.3. The third-order valence-corrected chi connectivity index (χ3v) is 5.05. The average Bonchev–Trinajstić information content (AvgIpc) is 3.33. The molecule has 2 rings (SSSR count). The summed E-state index contributed by atoms with van der Waals surface area (Å²) < 4.78 is 5.77. The maximum absolute atomic E-state index is 5.77. The SMILES string of the molecule is CCCNC(CN(C)CCOCC1CC1)C1CCCCC1. The summed E-state index contributed by atoms with van der Waals surface area (Å²) in [7, 11) is 2.25. The molecule has 0 amide bonds. The van der Waals surface area contributed by atoms with Crippen LogP contribution in [0.2, 0.25) is 0 Å². The Bertz CT molecular complexity index is 262. The van der Waals surface area contributed by atoms with Gasteiger partial charge in [0.1, 0.15) is 0 Å². The summed E-state index contributed by atoms with van der Waals surface area (Å²) in [5.74, 6) is 1.77.